The van der Waals surface area contributed by atoms with Gasteiger partial charge in [0.25, 0.3) is 15.7 Å². The SMILES string of the molecule is CC(C)Cc1ccc(S(=O)(=O)Nc2cc([N+](=O)[O-])ccc2F)cc1. The summed E-state index contributed by atoms with van der Waals surface area (Å²) in [7, 11) is -4.04. The van der Waals surface area contributed by atoms with Crippen molar-refractivity contribution in [2.24, 2.45) is 5.92 Å². The van der Waals surface area contributed by atoms with Crippen molar-refractivity contribution in [1.82, 2.24) is 0 Å². The van der Waals surface area contributed by atoms with E-state index in [9.17, 15) is 22.9 Å². The lowest BCUT2D eigenvalue weighted by Crippen LogP contribution is -2.14. The largest absolute Gasteiger partial charge is 0.276 e. The Morgan fingerprint density at radius 1 is 1.17 bits per heavy atom. The Morgan fingerprint density at radius 3 is 2.33 bits per heavy atom. The van der Waals surface area contributed by atoms with E-state index in [0.717, 1.165) is 30.2 Å². The first kappa shape index (κ1) is 17.9. The highest BCUT2D eigenvalue weighted by Gasteiger charge is 2.19. The molecule has 6 nitrogen and oxygen atoms in total. The number of nitro groups is 1. The molecule has 0 aliphatic heterocycles. The molecule has 0 bridgehead atoms. The van der Waals surface area contributed by atoms with Crippen molar-refractivity contribution in [1.29, 1.82) is 0 Å². The highest BCUT2D eigenvalue weighted by atomic mass is 32.2. The molecule has 0 aromatic heterocycles. The predicted octanol–water partition coefficient (Wildman–Crippen LogP) is 3.73. The Bertz CT molecular complexity index is 849. The normalized spacial score (nSPS) is 11.5. The summed E-state index contributed by atoms with van der Waals surface area (Å²) in [5, 5.41) is 10.7. The van der Waals surface area contributed by atoms with Gasteiger partial charge in [0.05, 0.1) is 15.5 Å². The maximum atomic E-state index is 13.7. The molecule has 0 fully saturated rings. The molecule has 0 unspecified atom stereocenters. The van der Waals surface area contributed by atoms with E-state index >= 15 is 0 Å². The van der Waals surface area contributed by atoms with Crippen LogP contribution in [0, 0.1) is 21.8 Å². The van der Waals surface area contributed by atoms with Gasteiger partial charge in [0.2, 0.25) is 0 Å². The zero-order chi connectivity index (χ0) is 17.9. The number of rotatable bonds is 6. The highest BCUT2D eigenvalue weighted by molar-refractivity contribution is 7.92. The summed E-state index contributed by atoms with van der Waals surface area (Å²) in [5.41, 5.74) is 0.127. The molecule has 0 heterocycles. The summed E-state index contributed by atoms with van der Waals surface area (Å²) < 4.78 is 40.4. The van der Waals surface area contributed by atoms with Crippen molar-refractivity contribution < 1.29 is 17.7 Å². The molecular weight excluding hydrogens is 335 g/mol. The summed E-state index contributed by atoms with van der Waals surface area (Å²) >= 11 is 0. The zero-order valence-corrected chi connectivity index (χ0v) is 14.0. The van der Waals surface area contributed by atoms with Crippen LogP contribution < -0.4 is 4.72 Å². The van der Waals surface area contributed by atoms with Gasteiger partial charge >= 0.3 is 0 Å². The van der Waals surface area contributed by atoms with E-state index < -0.39 is 32.1 Å². The Morgan fingerprint density at radius 2 is 1.79 bits per heavy atom. The van der Waals surface area contributed by atoms with Crippen LogP contribution in [0.5, 0.6) is 0 Å². The molecule has 2 rings (SSSR count). The van der Waals surface area contributed by atoms with Gasteiger partial charge in [-0.15, -0.1) is 0 Å². The van der Waals surface area contributed by atoms with Gasteiger partial charge in [-0.25, -0.2) is 12.8 Å². The Kier molecular flexibility index (Phi) is 5.18. The minimum atomic E-state index is -4.04. The number of halogens is 1. The highest BCUT2D eigenvalue weighted by Crippen LogP contribution is 2.24. The predicted molar refractivity (Wildman–Crippen MR) is 88.8 cm³/mol. The lowest BCUT2D eigenvalue weighted by Gasteiger charge is -2.10. The number of non-ortho nitro benzene ring substituents is 1. The van der Waals surface area contributed by atoms with Crippen molar-refractivity contribution in [3.05, 3.63) is 64.0 Å². The molecule has 2 aromatic rings. The van der Waals surface area contributed by atoms with Crippen molar-refractivity contribution >= 4 is 21.4 Å². The van der Waals surface area contributed by atoms with Crippen molar-refractivity contribution in [3.63, 3.8) is 0 Å². The fourth-order valence-corrected chi connectivity index (χ4v) is 3.24. The molecule has 0 radical (unpaired) electrons. The van der Waals surface area contributed by atoms with Crippen LogP contribution in [0.3, 0.4) is 0 Å². The molecule has 0 saturated heterocycles. The number of anilines is 1. The Hall–Kier alpha value is -2.48. The quantitative estimate of drug-likeness (QED) is 0.633. The Labute approximate surface area is 139 Å². The molecule has 128 valence electrons. The van der Waals surface area contributed by atoms with Crippen LogP contribution in [-0.4, -0.2) is 13.3 Å². The maximum Gasteiger partial charge on any atom is 0.271 e. The second-order valence-corrected chi connectivity index (χ2v) is 7.45. The molecule has 0 spiro atoms. The van der Waals surface area contributed by atoms with Gasteiger partial charge in [-0.1, -0.05) is 26.0 Å². The smallest absolute Gasteiger partial charge is 0.271 e. The first-order valence-electron chi connectivity index (χ1n) is 7.25. The topological polar surface area (TPSA) is 89.3 Å². The molecule has 2 aromatic carbocycles. The van der Waals surface area contributed by atoms with Crippen LogP contribution >= 0.6 is 0 Å². The second-order valence-electron chi connectivity index (χ2n) is 5.77. The monoisotopic (exact) mass is 352 g/mol. The van der Waals surface area contributed by atoms with Gasteiger partial charge in [0.1, 0.15) is 5.82 Å². The van der Waals surface area contributed by atoms with E-state index in [1.807, 2.05) is 0 Å². The van der Waals surface area contributed by atoms with Gasteiger partial charge in [0.15, 0.2) is 0 Å². The number of hydrogen-bond acceptors (Lipinski definition) is 4. The van der Waals surface area contributed by atoms with Crippen LogP contribution in [0.4, 0.5) is 15.8 Å². The average Bonchev–Trinajstić information content (AvgIpc) is 2.49. The van der Waals surface area contributed by atoms with E-state index in [4.69, 9.17) is 0 Å². The van der Waals surface area contributed by atoms with E-state index in [1.165, 1.54) is 12.1 Å². The fraction of sp³-hybridized carbons (Fsp3) is 0.250. The van der Waals surface area contributed by atoms with Crippen LogP contribution in [0.15, 0.2) is 47.4 Å². The summed E-state index contributed by atoms with van der Waals surface area (Å²) in [6, 6.07) is 8.90. The van der Waals surface area contributed by atoms with Crippen molar-refractivity contribution in [2.75, 3.05) is 4.72 Å². The zero-order valence-electron chi connectivity index (χ0n) is 13.2. The Balaban J connectivity index is 2.28. The first-order chi connectivity index (χ1) is 11.2. The first-order valence-corrected chi connectivity index (χ1v) is 8.73. The molecule has 0 amide bonds. The number of sulfonamides is 1. The number of nitro benzene ring substituents is 1. The summed E-state index contributed by atoms with van der Waals surface area (Å²) in [4.78, 5) is 9.97. The number of nitrogens with zero attached hydrogens (tertiary/aromatic N) is 1. The number of hydrogen-bond donors (Lipinski definition) is 1. The van der Waals surface area contributed by atoms with Crippen molar-refractivity contribution in [2.45, 2.75) is 25.2 Å². The van der Waals surface area contributed by atoms with E-state index in [-0.39, 0.29) is 4.90 Å². The molecule has 0 aliphatic rings. The molecule has 0 aliphatic carbocycles. The molecular formula is C16H17FN2O4S. The van der Waals surface area contributed by atoms with Gasteiger partial charge in [0, 0.05) is 12.1 Å². The summed E-state index contributed by atoms with van der Waals surface area (Å²) in [5.74, 6) is -0.454. The summed E-state index contributed by atoms with van der Waals surface area (Å²) in [6.07, 6.45) is 0.813. The lowest BCUT2D eigenvalue weighted by molar-refractivity contribution is -0.384. The minimum absolute atomic E-state index is 0.0408. The minimum Gasteiger partial charge on any atom is -0.276 e. The molecule has 0 saturated carbocycles. The third kappa shape index (κ3) is 4.29. The molecule has 0 atom stereocenters. The van der Waals surface area contributed by atoms with E-state index in [2.05, 4.69) is 18.6 Å². The van der Waals surface area contributed by atoms with Crippen LogP contribution in [0.1, 0.15) is 19.4 Å². The number of nitrogens with one attached hydrogen (secondary N) is 1. The van der Waals surface area contributed by atoms with Gasteiger partial charge < -0.3 is 0 Å². The fourth-order valence-electron chi connectivity index (χ4n) is 2.18. The van der Waals surface area contributed by atoms with E-state index in [1.54, 1.807) is 12.1 Å². The average molecular weight is 352 g/mol. The summed E-state index contributed by atoms with van der Waals surface area (Å²) in [6.45, 7) is 4.11. The lowest BCUT2D eigenvalue weighted by atomic mass is 10.0. The van der Waals surface area contributed by atoms with Gasteiger partial charge in [-0.2, -0.15) is 0 Å². The third-order valence-corrected chi connectivity index (χ3v) is 4.66. The number of benzene rings is 2. The maximum absolute atomic E-state index is 13.7. The third-order valence-electron chi connectivity index (χ3n) is 3.28. The second kappa shape index (κ2) is 6.96. The van der Waals surface area contributed by atoms with Gasteiger partial charge in [-0.05, 0) is 36.1 Å². The van der Waals surface area contributed by atoms with E-state index in [0.29, 0.717) is 5.92 Å². The standard InChI is InChI=1S/C16H17FN2O4S/c1-11(2)9-12-3-6-14(7-4-12)24(22,23)18-16-10-13(19(20)21)5-8-15(16)17/h3-8,10-11,18H,9H2,1-2H3. The molecule has 8 heteroatoms. The van der Waals surface area contributed by atoms with Crippen LogP contribution in [-0.2, 0) is 16.4 Å². The molecule has 24 heavy (non-hydrogen) atoms. The van der Waals surface area contributed by atoms with Gasteiger partial charge in [-0.3, -0.25) is 14.8 Å². The van der Waals surface area contributed by atoms with Crippen molar-refractivity contribution in [3.8, 4) is 0 Å². The van der Waals surface area contributed by atoms with Crippen LogP contribution in [0.2, 0.25) is 0 Å². The van der Waals surface area contributed by atoms with Crippen LogP contribution in [0.25, 0.3) is 0 Å². The molecule has 1 N–H and O–H groups in total.